The highest BCUT2D eigenvalue weighted by Gasteiger charge is 2.15. The highest BCUT2D eigenvalue weighted by Crippen LogP contribution is 1.96. The van der Waals surface area contributed by atoms with Crippen molar-refractivity contribution in [2.24, 2.45) is 0 Å². The van der Waals surface area contributed by atoms with Gasteiger partial charge in [0, 0.05) is 13.1 Å². The second-order valence-electron chi connectivity index (χ2n) is 2.94. The largest absolute Gasteiger partial charge is 0.479 e. The van der Waals surface area contributed by atoms with E-state index in [1.54, 1.807) is 0 Å². The van der Waals surface area contributed by atoms with Gasteiger partial charge in [0.2, 0.25) is 0 Å². The number of aliphatic carboxylic acids is 1. The quantitative estimate of drug-likeness (QED) is 0.587. The van der Waals surface area contributed by atoms with Gasteiger partial charge in [0.05, 0.1) is 19.8 Å². The summed E-state index contributed by atoms with van der Waals surface area (Å²) in [7, 11) is 0. The van der Waals surface area contributed by atoms with Gasteiger partial charge in [0.1, 0.15) is 0 Å². The fourth-order valence-corrected chi connectivity index (χ4v) is 1.13. The van der Waals surface area contributed by atoms with E-state index in [-0.39, 0.29) is 6.54 Å². The predicted molar refractivity (Wildman–Crippen MR) is 45.9 cm³/mol. The predicted octanol–water partition coefficient (Wildman–Crippen LogP) is -1.05. The Morgan fingerprint density at radius 3 is 2.57 bits per heavy atom. The van der Waals surface area contributed by atoms with Gasteiger partial charge < -0.3 is 14.6 Å². The SMILES string of the molecule is O=C(O)COC(=O)CN1CCOCC1. The second kappa shape index (κ2) is 5.56. The molecule has 0 spiro atoms. The molecule has 0 amide bonds. The third-order valence-electron chi connectivity index (χ3n) is 1.81. The van der Waals surface area contributed by atoms with Crippen LogP contribution in [0.4, 0.5) is 0 Å². The average Bonchev–Trinajstić information content (AvgIpc) is 2.16. The van der Waals surface area contributed by atoms with E-state index in [1.165, 1.54) is 0 Å². The van der Waals surface area contributed by atoms with Gasteiger partial charge in [-0.3, -0.25) is 9.69 Å². The van der Waals surface area contributed by atoms with Crippen LogP contribution in [0.2, 0.25) is 0 Å². The molecule has 1 aliphatic heterocycles. The van der Waals surface area contributed by atoms with Crippen molar-refractivity contribution in [3.05, 3.63) is 0 Å². The van der Waals surface area contributed by atoms with Gasteiger partial charge in [-0.2, -0.15) is 0 Å². The summed E-state index contributed by atoms with van der Waals surface area (Å²) < 4.78 is 9.58. The van der Waals surface area contributed by atoms with E-state index in [9.17, 15) is 9.59 Å². The van der Waals surface area contributed by atoms with Crippen molar-refractivity contribution < 1.29 is 24.2 Å². The van der Waals surface area contributed by atoms with Gasteiger partial charge in [-0.05, 0) is 0 Å². The van der Waals surface area contributed by atoms with Crippen LogP contribution in [0.1, 0.15) is 0 Å². The van der Waals surface area contributed by atoms with E-state index in [0.717, 1.165) is 0 Å². The normalized spacial score (nSPS) is 17.7. The van der Waals surface area contributed by atoms with Crippen LogP contribution < -0.4 is 0 Å². The van der Waals surface area contributed by atoms with Crippen LogP contribution in [-0.2, 0) is 19.1 Å². The van der Waals surface area contributed by atoms with Gasteiger partial charge >= 0.3 is 11.9 Å². The minimum Gasteiger partial charge on any atom is -0.479 e. The number of carboxylic acid groups (broad SMARTS) is 1. The first kappa shape index (κ1) is 10.9. The molecule has 1 N–H and O–H groups in total. The number of carboxylic acids is 1. The van der Waals surface area contributed by atoms with Gasteiger partial charge in [-0.25, -0.2) is 4.79 Å². The first-order valence-electron chi connectivity index (χ1n) is 4.36. The Bertz CT molecular complexity index is 212. The molecule has 0 bridgehead atoms. The minimum absolute atomic E-state index is 0.136. The lowest BCUT2D eigenvalue weighted by atomic mass is 10.4. The Kier molecular flexibility index (Phi) is 4.34. The highest BCUT2D eigenvalue weighted by molar-refractivity contribution is 5.76. The maximum absolute atomic E-state index is 11.0. The summed E-state index contributed by atoms with van der Waals surface area (Å²) in [6.07, 6.45) is 0. The van der Waals surface area contributed by atoms with E-state index >= 15 is 0 Å². The summed E-state index contributed by atoms with van der Waals surface area (Å²) in [5, 5.41) is 8.26. The third kappa shape index (κ3) is 4.20. The summed E-state index contributed by atoms with van der Waals surface area (Å²) in [4.78, 5) is 23.0. The number of nitrogens with zero attached hydrogens (tertiary/aromatic N) is 1. The molecule has 0 aromatic rings. The Labute approximate surface area is 81.4 Å². The summed E-state index contributed by atoms with van der Waals surface area (Å²) in [6, 6.07) is 0. The van der Waals surface area contributed by atoms with Crippen molar-refractivity contribution in [1.82, 2.24) is 4.90 Å². The van der Waals surface area contributed by atoms with Crippen LogP contribution in [-0.4, -0.2) is 61.4 Å². The third-order valence-corrected chi connectivity index (χ3v) is 1.81. The molecule has 6 heteroatoms. The second-order valence-corrected chi connectivity index (χ2v) is 2.94. The van der Waals surface area contributed by atoms with Crippen LogP contribution in [0, 0.1) is 0 Å². The number of hydrogen-bond acceptors (Lipinski definition) is 5. The van der Waals surface area contributed by atoms with Crippen molar-refractivity contribution in [3.63, 3.8) is 0 Å². The van der Waals surface area contributed by atoms with Crippen molar-refractivity contribution in [1.29, 1.82) is 0 Å². The molecule has 1 fully saturated rings. The number of carbonyl (C=O) groups is 2. The average molecular weight is 203 g/mol. The zero-order valence-electron chi connectivity index (χ0n) is 7.77. The van der Waals surface area contributed by atoms with Crippen LogP contribution in [0.5, 0.6) is 0 Å². The molecule has 80 valence electrons. The molecular weight excluding hydrogens is 190 g/mol. The lowest BCUT2D eigenvalue weighted by Crippen LogP contribution is -2.40. The van der Waals surface area contributed by atoms with E-state index in [0.29, 0.717) is 26.3 Å². The Morgan fingerprint density at radius 1 is 1.36 bits per heavy atom. The lowest BCUT2D eigenvalue weighted by molar-refractivity contribution is -0.156. The van der Waals surface area contributed by atoms with Gasteiger partial charge in [0.15, 0.2) is 6.61 Å². The zero-order chi connectivity index (χ0) is 10.4. The van der Waals surface area contributed by atoms with Crippen LogP contribution in [0.3, 0.4) is 0 Å². The van der Waals surface area contributed by atoms with Gasteiger partial charge in [-0.1, -0.05) is 0 Å². The molecule has 6 nitrogen and oxygen atoms in total. The molecule has 0 aliphatic carbocycles. The van der Waals surface area contributed by atoms with E-state index in [1.807, 2.05) is 4.90 Å². The van der Waals surface area contributed by atoms with Crippen LogP contribution >= 0.6 is 0 Å². The summed E-state index contributed by atoms with van der Waals surface area (Å²) in [5.41, 5.74) is 0. The summed E-state index contributed by atoms with van der Waals surface area (Å²) >= 11 is 0. The molecule has 1 aliphatic rings. The maximum atomic E-state index is 11.0. The van der Waals surface area contributed by atoms with Crippen LogP contribution in [0.15, 0.2) is 0 Å². The van der Waals surface area contributed by atoms with Crippen LogP contribution in [0.25, 0.3) is 0 Å². The molecule has 0 unspecified atom stereocenters. The smallest absolute Gasteiger partial charge is 0.341 e. The van der Waals surface area contributed by atoms with Crippen molar-refractivity contribution in [2.75, 3.05) is 39.5 Å². The highest BCUT2D eigenvalue weighted by atomic mass is 16.5. The first-order valence-corrected chi connectivity index (χ1v) is 4.36. The molecule has 1 heterocycles. The molecule has 0 atom stereocenters. The maximum Gasteiger partial charge on any atom is 0.341 e. The summed E-state index contributed by atoms with van der Waals surface area (Å²) in [6.45, 7) is 2.14. The number of rotatable bonds is 4. The Hall–Kier alpha value is -1.14. The molecule has 0 aromatic heterocycles. The number of morpholine rings is 1. The van der Waals surface area contributed by atoms with E-state index < -0.39 is 18.5 Å². The van der Waals surface area contributed by atoms with E-state index in [4.69, 9.17) is 9.84 Å². The molecule has 0 saturated carbocycles. The van der Waals surface area contributed by atoms with Gasteiger partial charge in [-0.15, -0.1) is 0 Å². The van der Waals surface area contributed by atoms with Crippen molar-refractivity contribution in [2.45, 2.75) is 0 Å². The fourth-order valence-electron chi connectivity index (χ4n) is 1.13. The molecule has 14 heavy (non-hydrogen) atoms. The molecule has 0 aromatic carbocycles. The number of ether oxygens (including phenoxy) is 2. The first-order chi connectivity index (χ1) is 6.68. The molecule has 0 radical (unpaired) electrons. The lowest BCUT2D eigenvalue weighted by Gasteiger charge is -2.25. The molecule has 1 rings (SSSR count). The summed E-state index contributed by atoms with van der Waals surface area (Å²) in [5.74, 6) is -1.64. The number of carbonyl (C=O) groups excluding carboxylic acids is 1. The molecule has 1 saturated heterocycles. The zero-order valence-corrected chi connectivity index (χ0v) is 7.77. The monoisotopic (exact) mass is 203 g/mol. The Morgan fingerprint density at radius 2 is 2.00 bits per heavy atom. The topological polar surface area (TPSA) is 76.1 Å². The van der Waals surface area contributed by atoms with E-state index in [2.05, 4.69) is 4.74 Å². The van der Waals surface area contributed by atoms with Gasteiger partial charge in [0.25, 0.3) is 0 Å². The Balaban J connectivity index is 2.15. The minimum atomic E-state index is -1.14. The number of esters is 1. The van der Waals surface area contributed by atoms with Crippen molar-refractivity contribution >= 4 is 11.9 Å². The molecular formula is C8H13NO5. The fraction of sp³-hybridized carbons (Fsp3) is 0.750. The standard InChI is InChI=1S/C8H13NO5/c10-7(11)6-14-8(12)5-9-1-3-13-4-2-9/h1-6H2,(H,10,11). The van der Waals surface area contributed by atoms with Crippen molar-refractivity contribution in [3.8, 4) is 0 Å². The number of hydrogen-bond donors (Lipinski definition) is 1.